The lowest BCUT2D eigenvalue weighted by Crippen LogP contribution is -2.66. The standard InChI is InChI=1S/C18H26O9/c1-5-9-12(20)17(11-19,15(24)26-7-3)18(14(22)23,13(21)10-6-2)16(25)27-8-4/h11H,5-10H2,1-4H3,(H,22,23). The van der Waals surface area contributed by atoms with Crippen LogP contribution in [0.3, 0.4) is 0 Å². The molecule has 9 nitrogen and oxygen atoms in total. The van der Waals surface area contributed by atoms with Crippen molar-refractivity contribution >= 4 is 35.8 Å². The van der Waals surface area contributed by atoms with Gasteiger partial charge in [0, 0.05) is 12.8 Å². The second-order valence-corrected chi connectivity index (χ2v) is 5.77. The number of aldehydes is 1. The van der Waals surface area contributed by atoms with Gasteiger partial charge in [-0.2, -0.15) is 0 Å². The number of hydrogen-bond acceptors (Lipinski definition) is 8. The second-order valence-electron chi connectivity index (χ2n) is 5.77. The molecule has 0 radical (unpaired) electrons. The number of carboxylic acids is 1. The van der Waals surface area contributed by atoms with Crippen LogP contribution in [0.15, 0.2) is 0 Å². The lowest BCUT2D eigenvalue weighted by atomic mass is 9.58. The number of rotatable bonds is 13. The molecule has 2 atom stereocenters. The molecule has 0 heterocycles. The van der Waals surface area contributed by atoms with Crippen LogP contribution < -0.4 is 0 Å². The first kappa shape index (κ1) is 24.4. The third kappa shape index (κ3) is 4.06. The van der Waals surface area contributed by atoms with Crippen molar-refractivity contribution in [3.8, 4) is 0 Å². The minimum Gasteiger partial charge on any atom is -0.480 e. The van der Waals surface area contributed by atoms with Crippen molar-refractivity contribution in [2.75, 3.05) is 13.2 Å². The smallest absolute Gasteiger partial charge is 0.333 e. The van der Waals surface area contributed by atoms with Crippen LogP contribution in [0, 0.1) is 10.8 Å². The van der Waals surface area contributed by atoms with Crippen LogP contribution in [0.4, 0.5) is 0 Å². The van der Waals surface area contributed by atoms with Crippen molar-refractivity contribution in [1.82, 2.24) is 0 Å². The summed E-state index contributed by atoms with van der Waals surface area (Å²) in [5.41, 5.74) is -6.51. The molecule has 0 rings (SSSR count). The summed E-state index contributed by atoms with van der Waals surface area (Å²) in [6.07, 6.45) is -0.867. The largest absolute Gasteiger partial charge is 0.480 e. The third-order valence-corrected chi connectivity index (χ3v) is 4.08. The zero-order chi connectivity index (χ0) is 21.3. The zero-order valence-electron chi connectivity index (χ0n) is 16.0. The first-order chi connectivity index (χ1) is 12.7. The summed E-state index contributed by atoms with van der Waals surface area (Å²) in [4.78, 5) is 75.4. The van der Waals surface area contributed by atoms with E-state index < -0.39 is 53.1 Å². The summed E-state index contributed by atoms with van der Waals surface area (Å²) in [5, 5.41) is 9.88. The number of aliphatic carboxylic acids is 1. The minimum atomic E-state index is -3.35. The van der Waals surface area contributed by atoms with Crippen LogP contribution in [0.5, 0.6) is 0 Å². The summed E-state index contributed by atoms with van der Waals surface area (Å²) < 4.78 is 9.51. The SMILES string of the molecule is CCCC(=O)C(C=O)(C(=O)OCC)C(C(=O)O)(C(=O)CCC)C(=O)OCC. The van der Waals surface area contributed by atoms with Gasteiger partial charge in [0.2, 0.25) is 5.41 Å². The highest BCUT2D eigenvalue weighted by Gasteiger charge is 2.75. The van der Waals surface area contributed by atoms with E-state index in [1.165, 1.54) is 20.8 Å². The summed E-state index contributed by atoms with van der Waals surface area (Å²) in [6, 6.07) is 0. The van der Waals surface area contributed by atoms with E-state index in [1.807, 2.05) is 0 Å². The molecule has 9 heteroatoms. The molecule has 2 unspecified atom stereocenters. The second kappa shape index (κ2) is 10.5. The number of carboxylic acid groups (broad SMARTS) is 1. The average molecular weight is 386 g/mol. The molecule has 0 aromatic rings. The number of ketones is 2. The topological polar surface area (TPSA) is 141 Å². The van der Waals surface area contributed by atoms with Gasteiger partial charge in [-0.3, -0.25) is 24.0 Å². The predicted octanol–water partition coefficient (Wildman–Crippen LogP) is 1.11. The molecule has 0 saturated heterocycles. The molecule has 0 aliphatic rings. The molecule has 152 valence electrons. The molecule has 0 bridgehead atoms. The third-order valence-electron chi connectivity index (χ3n) is 4.08. The van der Waals surface area contributed by atoms with E-state index in [2.05, 4.69) is 0 Å². The molecule has 0 saturated carbocycles. The van der Waals surface area contributed by atoms with Gasteiger partial charge in [-0.15, -0.1) is 0 Å². The van der Waals surface area contributed by atoms with Crippen LogP contribution in [0.25, 0.3) is 0 Å². The van der Waals surface area contributed by atoms with Gasteiger partial charge in [0.25, 0.3) is 5.41 Å². The van der Waals surface area contributed by atoms with Crippen LogP contribution >= 0.6 is 0 Å². The van der Waals surface area contributed by atoms with Crippen LogP contribution in [0.1, 0.15) is 53.4 Å². The quantitative estimate of drug-likeness (QED) is 0.280. The maximum atomic E-state index is 12.8. The molecule has 0 aromatic heterocycles. The van der Waals surface area contributed by atoms with E-state index in [0.29, 0.717) is 0 Å². The van der Waals surface area contributed by atoms with Gasteiger partial charge < -0.3 is 19.4 Å². The predicted molar refractivity (Wildman–Crippen MR) is 91.7 cm³/mol. The minimum absolute atomic E-state index is 0.118. The fourth-order valence-electron chi connectivity index (χ4n) is 2.87. The molecular weight excluding hydrogens is 360 g/mol. The molecular formula is C18H26O9. The Morgan fingerprint density at radius 1 is 0.815 bits per heavy atom. The van der Waals surface area contributed by atoms with Crippen LogP contribution in [0.2, 0.25) is 0 Å². The normalized spacial score (nSPS) is 15.0. The summed E-state index contributed by atoms with van der Waals surface area (Å²) in [6.45, 7) is 5.20. The molecule has 27 heavy (non-hydrogen) atoms. The number of hydrogen-bond donors (Lipinski definition) is 1. The highest BCUT2D eigenvalue weighted by molar-refractivity contribution is 6.33. The molecule has 0 fully saturated rings. The van der Waals surface area contributed by atoms with Crippen molar-refractivity contribution in [2.45, 2.75) is 53.4 Å². The Balaban J connectivity index is 7.20. The number of ether oxygens (including phenoxy) is 2. The van der Waals surface area contributed by atoms with Gasteiger partial charge in [0.05, 0.1) is 13.2 Å². The van der Waals surface area contributed by atoms with Crippen molar-refractivity contribution in [1.29, 1.82) is 0 Å². The molecule has 0 aromatic carbocycles. The van der Waals surface area contributed by atoms with E-state index in [4.69, 9.17) is 9.47 Å². The van der Waals surface area contributed by atoms with E-state index in [9.17, 15) is 33.9 Å². The number of Topliss-reactive ketones (excluding diaryl/α,β-unsaturated/α-hetero) is 2. The van der Waals surface area contributed by atoms with Gasteiger partial charge in [0.15, 0.2) is 11.6 Å². The molecule has 0 aliphatic heterocycles. The Hall–Kier alpha value is -2.58. The van der Waals surface area contributed by atoms with E-state index in [-0.39, 0.29) is 32.3 Å². The average Bonchev–Trinajstić information content (AvgIpc) is 2.59. The Morgan fingerprint density at radius 3 is 1.63 bits per heavy atom. The van der Waals surface area contributed by atoms with Crippen LogP contribution in [-0.2, 0) is 38.2 Å². The number of carbonyl (C=O) groups is 6. The van der Waals surface area contributed by atoms with Gasteiger partial charge >= 0.3 is 17.9 Å². The van der Waals surface area contributed by atoms with E-state index in [0.717, 1.165) is 0 Å². The van der Waals surface area contributed by atoms with Gasteiger partial charge in [-0.1, -0.05) is 13.8 Å². The first-order valence-corrected chi connectivity index (χ1v) is 8.79. The van der Waals surface area contributed by atoms with Gasteiger partial charge in [-0.25, -0.2) is 0 Å². The Kier molecular flexibility index (Phi) is 9.53. The van der Waals surface area contributed by atoms with Gasteiger partial charge in [-0.05, 0) is 26.7 Å². The maximum Gasteiger partial charge on any atom is 0.333 e. The Morgan fingerprint density at radius 2 is 1.26 bits per heavy atom. The lowest BCUT2D eigenvalue weighted by Gasteiger charge is -2.38. The lowest BCUT2D eigenvalue weighted by molar-refractivity contribution is -0.194. The Labute approximate surface area is 157 Å². The number of carbonyl (C=O) groups excluding carboxylic acids is 5. The first-order valence-electron chi connectivity index (χ1n) is 8.79. The monoisotopic (exact) mass is 386 g/mol. The summed E-state index contributed by atoms with van der Waals surface area (Å²) in [5.74, 6) is -7.75. The fourth-order valence-corrected chi connectivity index (χ4v) is 2.87. The van der Waals surface area contributed by atoms with Crippen molar-refractivity contribution < 1.29 is 43.3 Å². The van der Waals surface area contributed by atoms with Gasteiger partial charge in [0.1, 0.15) is 6.29 Å². The molecule has 0 aliphatic carbocycles. The molecule has 0 amide bonds. The number of esters is 2. The molecule has 1 N–H and O–H groups in total. The van der Waals surface area contributed by atoms with E-state index >= 15 is 0 Å². The Bertz CT molecular complexity index is 570. The van der Waals surface area contributed by atoms with Crippen molar-refractivity contribution in [2.24, 2.45) is 10.8 Å². The highest BCUT2D eigenvalue weighted by atomic mass is 16.5. The highest BCUT2D eigenvalue weighted by Crippen LogP contribution is 2.45. The van der Waals surface area contributed by atoms with Crippen molar-refractivity contribution in [3.63, 3.8) is 0 Å². The molecule has 0 spiro atoms. The summed E-state index contributed by atoms with van der Waals surface area (Å²) >= 11 is 0. The van der Waals surface area contributed by atoms with E-state index in [1.54, 1.807) is 6.92 Å². The van der Waals surface area contributed by atoms with Crippen LogP contribution in [-0.4, -0.2) is 54.1 Å². The zero-order valence-corrected chi connectivity index (χ0v) is 16.0. The summed E-state index contributed by atoms with van der Waals surface area (Å²) in [7, 11) is 0. The maximum absolute atomic E-state index is 12.8. The van der Waals surface area contributed by atoms with Crippen molar-refractivity contribution in [3.05, 3.63) is 0 Å². The fraction of sp³-hybridized carbons (Fsp3) is 0.667.